The summed E-state index contributed by atoms with van der Waals surface area (Å²) in [6, 6.07) is 5.14. The molecule has 1 saturated heterocycles. The highest BCUT2D eigenvalue weighted by atomic mass is 19.1. The fourth-order valence-corrected chi connectivity index (χ4v) is 4.65. The summed E-state index contributed by atoms with van der Waals surface area (Å²) in [5.74, 6) is -0.537. The summed E-state index contributed by atoms with van der Waals surface area (Å²) in [6.45, 7) is 9.41. The summed E-state index contributed by atoms with van der Waals surface area (Å²) in [4.78, 5) is 14.7. The van der Waals surface area contributed by atoms with Crippen LogP contribution < -0.4 is 0 Å². The van der Waals surface area contributed by atoms with Crippen molar-refractivity contribution in [3.8, 4) is 0 Å². The Hall–Kier alpha value is -1.38. The molecular formula is C18H24FNO. The molecule has 2 bridgehead atoms. The zero-order chi connectivity index (χ0) is 15.4. The van der Waals surface area contributed by atoms with Crippen molar-refractivity contribution in [1.29, 1.82) is 0 Å². The molecule has 21 heavy (non-hydrogen) atoms. The van der Waals surface area contributed by atoms with E-state index in [4.69, 9.17) is 0 Å². The Morgan fingerprint density at radius 1 is 1.29 bits per heavy atom. The quantitative estimate of drug-likeness (QED) is 0.759. The number of likely N-dealkylation sites (tertiary alicyclic amines) is 1. The van der Waals surface area contributed by atoms with Crippen molar-refractivity contribution in [3.05, 3.63) is 35.1 Å². The molecule has 114 valence electrons. The maximum absolute atomic E-state index is 14.1. The molecule has 2 fully saturated rings. The lowest BCUT2D eigenvalue weighted by atomic mass is 9.65. The molecule has 1 aromatic rings. The lowest BCUT2D eigenvalue weighted by molar-refractivity contribution is 0.0703. The molecule has 0 aromatic heterocycles. The van der Waals surface area contributed by atoms with Crippen molar-refractivity contribution in [2.45, 2.75) is 53.0 Å². The molecule has 2 unspecified atom stereocenters. The van der Waals surface area contributed by atoms with Crippen LogP contribution in [0.25, 0.3) is 0 Å². The average Bonchev–Trinajstić information content (AvgIpc) is 2.57. The van der Waals surface area contributed by atoms with Crippen molar-refractivity contribution >= 4 is 5.91 Å². The molecule has 1 amide bonds. The maximum atomic E-state index is 14.1. The van der Waals surface area contributed by atoms with Crippen LogP contribution in [-0.2, 0) is 0 Å². The first-order valence-corrected chi connectivity index (χ1v) is 7.76. The van der Waals surface area contributed by atoms with Crippen molar-refractivity contribution in [2.24, 2.45) is 10.8 Å². The second-order valence-corrected chi connectivity index (χ2v) is 8.13. The number of hydrogen-bond acceptors (Lipinski definition) is 1. The van der Waals surface area contributed by atoms with E-state index in [1.54, 1.807) is 6.07 Å². The fraction of sp³-hybridized carbons (Fsp3) is 0.611. The van der Waals surface area contributed by atoms with Gasteiger partial charge in [-0.05, 0) is 54.7 Å². The molecule has 0 spiro atoms. The van der Waals surface area contributed by atoms with Crippen LogP contribution in [0.2, 0.25) is 0 Å². The summed E-state index contributed by atoms with van der Waals surface area (Å²) in [5.41, 5.74) is 1.51. The minimum atomic E-state index is -0.397. The number of benzene rings is 1. The van der Waals surface area contributed by atoms with Crippen LogP contribution in [0.4, 0.5) is 4.39 Å². The van der Waals surface area contributed by atoms with E-state index < -0.39 is 5.82 Å². The fourth-order valence-electron chi connectivity index (χ4n) is 4.65. The first kappa shape index (κ1) is 14.6. The molecule has 2 aliphatic rings. The van der Waals surface area contributed by atoms with Gasteiger partial charge in [0.2, 0.25) is 0 Å². The van der Waals surface area contributed by atoms with Crippen molar-refractivity contribution in [3.63, 3.8) is 0 Å². The van der Waals surface area contributed by atoms with E-state index in [2.05, 4.69) is 20.8 Å². The SMILES string of the molecule is Cc1ccc(C(=O)N2CC3(C)CC2CC(C)(C)C3)c(F)c1. The summed E-state index contributed by atoms with van der Waals surface area (Å²) >= 11 is 0. The molecule has 0 N–H and O–H groups in total. The van der Waals surface area contributed by atoms with Gasteiger partial charge >= 0.3 is 0 Å². The van der Waals surface area contributed by atoms with Crippen LogP contribution in [0.3, 0.4) is 0 Å². The summed E-state index contributed by atoms with van der Waals surface area (Å²) < 4.78 is 14.1. The second kappa shape index (κ2) is 4.56. The first-order valence-electron chi connectivity index (χ1n) is 7.76. The molecule has 0 radical (unpaired) electrons. The van der Waals surface area contributed by atoms with Gasteiger partial charge in [0.15, 0.2) is 0 Å². The Balaban J connectivity index is 1.90. The smallest absolute Gasteiger partial charge is 0.257 e. The first-order chi connectivity index (χ1) is 9.69. The van der Waals surface area contributed by atoms with E-state index in [0.29, 0.717) is 0 Å². The number of amides is 1. The lowest BCUT2D eigenvalue weighted by Crippen LogP contribution is -2.38. The van der Waals surface area contributed by atoms with Gasteiger partial charge in [-0.2, -0.15) is 0 Å². The van der Waals surface area contributed by atoms with Crippen LogP contribution in [0.15, 0.2) is 18.2 Å². The largest absolute Gasteiger partial charge is 0.335 e. The predicted octanol–water partition coefficient (Wildman–Crippen LogP) is 4.17. The third-order valence-electron chi connectivity index (χ3n) is 5.03. The zero-order valence-electron chi connectivity index (χ0n) is 13.4. The van der Waals surface area contributed by atoms with Gasteiger partial charge < -0.3 is 4.90 Å². The maximum Gasteiger partial charge on any atom is 0.257 e. The average molecular weight is 289 g/mol. The highest BCUT2D eigenvalue weighted by Crippen LogP contribution is 2.52. The van der Waals surface area contributed by atoms with Gasteiger partial charge in [0.05, 0.1) is 5.56 Å². The van der Waals surface area contributed by atoms with E-state index in [9.17, 15) is 9.18 Å². The van der Waals surface area contributed by atoms with Gasteiger partial charge in [-0.1, -0.05) is 26.8 Å². The van der Waals surface area contributed by atoms with Crippen LogP contribution in [0.1, 0.15) is 56.0 Å². The number of aryl methyl sites for hydroxylation is 1. The van der Waals surface area contributed by atoms with Crippen molar-refractivity contribution in [2.75, 3.05) is 6.54 Å². The van der Waals surface area contributed by atoms with Gasteiger partial charge in [-0.15, -0.1) is 0 Å². The van der Waals surface area contributed by atoms with E-state index in [0.717, 1.165) is 31.4 Å². The second-order valence-electron chi connectivity index (χ2n) is 8.13. The van der Waals surface area contributed by atoms with Crippen LogP contribution in [-0.4, -0.2) is 23.4 Å². The zero-order valence-corrected chi connectivity index (χ0v) is 13.4. The Bertz CT molecular complexity index is 595. The number of carbonyl (C=O) groups excluding carboxylic acids is 1. The predicted molar refractivity (Wildman–Crippen MR) is 81.7 cm³/mol. The van der Waals surface area contributed by atoms with Gasteiger partial charge in [0.1, 0.15) is 5.82 Å². The van der Waals surface area contributed by atoms with Gasteiger partial charge in [-0.3, -0.25) is 4.79 Å². The van der Waals surface area contributed by atoms with E-state index in [1.807, 2.05) is 17.9 Å². The minimum absolute atomic E-state index is 0.140. The number of halogens is 1. The third kappa shape index (κ3) is 2.58. The van der Waals surface area contributed by atoms with Gasteiger partial charge in [0.25, 0.3) is 5.91 Å². The van der Waals surface area contributed by atoms with Crippen LogP contribution in [0, 0.1) is 23.6 Å². The van der Waals surface area contributed by atoms with Gasteiger partial charge in [0, 0.05) is 12.6 Å². The van der Waals surface area contributed by atoms with Crippen LogP contribution >= 0.6 is 0 Å². The molecule has 1 aliphatic carbocycles. The van der Waals surface area contributed by atoms with Gasteiger partial charge in [-0.25, -0.2) is 4.39 Å². The van der Waals surface area contributed by atoms with E-state index >= 15 is 0 Å². The number of carbonyl (C=O) groups is 1. The van der Waals surface area contributed by atoms with E-state index in [1.165, 1.54) is 6.07 Å². The number of fused-ring (bicyclic) bond motifs is 2. The Morgan fingerprint density at radius 2 is 2.00 bits per heavy atom. The topological polar surface area (TPSA) is 20.3 Å². The molecule has 2 atom stereocenters. The molecule has 1 aliphatic heterocycles. The molecule has 1 saturated carbocycles. The molecular weight excluding hydrogens is 265 g/mol. The van der Waals surface area contributed by atoms with Crippen LogP contribution in [0.5, 0.6) is 0 Å². The highest BCUT2D eigenvalue weighted by molar-refractivity contribution is 5.95. The molecule has 3 heteroatoms. The number of rotatable bonds is 1. The number of nitrogens with zero attached hydrogens (tertiary/aromatic N) is 1. The van der Waals surface area contributed by atoms with E-state index in [-0.39, 0.29) is 28.3 Å². The number of hydrogen-bond donors (Lipinski definition) is 0. The molecule has 2 nitrogen and oxygen atoms in total. The van der Waals surface area contributed by atoms with Crippen molar-refractivity contribution < 1.29 is 9.18 Å². The molecule has 1 aromatic carbocycles. The summed E-state index contributed by atoms with van der Waals surface area (Å²) in [6.07, 6.45) is 3.20. The monoisotopic (exact) mass is 289 g/mol. The third-order valence-corrected chi connectivity index (χ3v) is 5.03. The molecule has 1 heterocycles. The summed E-state index contributed by atoms with van der Waals surface area (Å²) in [7, 11) is 0. The standard InChI is InChI=1S/C18H24FNO/c1-12-5-6-14(15(19)7-12)16(21)20-11-18(4)9-13(20)8-17(2,3)10-18/h5-7,13H,8-11H2,1-4H3. The Kier molecular flexibility index (Phi) is 3.16. The van der Waals surface area contributed by atoms with Crippen molar-refractivity contribution in [1.82, 2.24) is 4.90 Å². The minimum Gasteiger partial charge on any atom is -0.335 e. The Labute approximate surface area is 126 Å². The summed E-state index contributed by atoms with van der Waals surface area (Å²) in [5, 5.41) is 0. The Morgan fingerprint density at radius 3 is 2.67 bits per heavy atom. The molecule has 3 rings (SSSR count). The lowest BCUT2D eigenvalue weighted by Gasteiger charge is -2.39. The highest BCUT2D eigenvalue weighted by Gasteiger charge is 2.51. The normalized spacial score (nSPS) is 30.5.